The molecule has 10 heavy (non-hydrogen) atoms. The fourth-order valence-corrected chi connectivity index (χ4v) is 2.53. The zero-order valence-corrected chi connectivity index (χ0v) is 5.88. The van der Waals surface area contributed by atoms with Crippen molar-refractivity contribution in [1.29, 1.82) is 0 Å². The lowest BCUT2D eigenvalue weighted by Gasteiger charge is -2.21. The maximum Gasteiger partial charge on any atom is 0.0448 e. The molecule has 0 aromatic rings. The molecule has 0 aromatic carbocycles. The summed E-state index contributed by atoms with van der Waals surface area (Å²) in [6, 6.07) is 0. The highest BCUT2D eigenvalue weighted by molar-refractivity contribution is 5.68. The van der Waals surface area contributed by atoms with Crippen LogP contribution >= 0.6 is 0 Å². The van der Waals surface area contributed by atoms with Gasteiger partial charge in [-0.25, -0.2) is 0 Å². The highest BCUT2D eigenvalue weighted by Crippen LogP contribution is 2.47. The topological polar surface area (TPSA) is 40.1 Å². The van der Waals surface area contributed by atoms with E-state index in [0.717, 1.165) is 19.3 Å². The van der Waals surface area contributed by atoms with Gasteiger partial charge in [-0.2, -0.15) is 0 Å². The van der Waals surface area contributed by atoms with Crippen molar-refractivity contribution in [3.8, 4) is 0 Å². The predicted molar refractivity (Wildman–Crippen MR) is 33.9 cm³/mol. The van der Waals surface area contributed by atoms with Gasteiger partial charge in [-0.05, 0) is 31.1 Å². The van der Waals surface area contributed by atoms with Crippen LogP contribution in [0.25, 0.3) is 0 Å². The molecule has 2 bridgehead atoms. The second-order valence-electron chi connectivity index (χ2n) is 3.60. The van der Waals surface area contributed by atoms with Crippen LogP contribution in [0.5, 0.6) is 0 Å². The van der Waals surface area contributed by atoms with E-state index in [-0.39, 0.29) is 5.92 Å². The van der Waals surface area contributed by atoms with Crippen molar-refractivity contribution >= 4 is 5.97 Å². The molecule has 3 atom stereocenters. The second kappa shape index (κ2) is 1.97. The van der Waals surface area contributed by atoms with E-state index in [1.165, 1.54) is 6.42 Å². The van der Waals surface area contributed by atoms with Crippen molar-refractivity contribution in [1.82, 2.24) is 0 Å². The molecule has 2 aliphatic rings. The molecule has 2 aliphatic carbocycles. The van der Waals surface area contributed by atoms with Gasteiger partial charge in [0.05, 0.1) is 0 Å². The summed E-state index contributed by atoms with van der Waals surface area (Å²) in [6.45, 7) is 0. The molecule has 2 fully saturated rings. The second-order valence-corrected chi connectivity index (χ2v) is 3.60. The molecule has 0 unspecified atom stereocenters. The summed E-state index contributed by atoms with van der Waals surface area (Å²) in [5.74, 6) is 0.272. The monoisotopic (exact) mass is 139 g/mol. The number of carboxylic acids is 1. The molecular formula is C8H11O2-. The van der Waals surface area contributed by atoms with E-state index in [0.29, 0.717) is 11.8 Å². The van der Waals surface area contributed by atoms with Crippen molar-refractivity contribution in [2.75, 3.05) is 0 Å². The predicted octanol–water partition coefficient (Wildman–Crippen LogP) is 0.172. The van der Waals surface area contributed by atoms with Crippen molar-refractivity contribution in [3.05, 3.63) is 0 Å². The number of hydrogen-bond acceptors (Lipinski definition) is 2. The highest BCUT2D eigenvalue weighted by atomic mass is 16.4. The van der Waals surface area contributed by atoms with Crippen molar-refractivity contribution in [2.24, 2.45) is 17.8 Å². The van der Waals surface area contributed by atoms with E-state index in [1.54, 1.807) is 0 Å². The molecular weight excluding hydrogens is 128 g/mol. The summed E-state index contributed by atoms with van der Waals surface area (Å²) in [6.07, 6.45) is 4.43. The number of rotatable bonds is 1. The molecule has 0 spiro atoms. The molecule has 56 valence electrons. The van der Waals surface area contributed by atoms with Gasteiger partial charge in [0.15, 0.2) is 0 Å². The summed E-state index contributed by atoms with van der Waals surface area (Å²) in [7, 11) is 0. The smallest absolute Gasteiger partial charge is 0.0448 e. The summed E-state index contributed by atoms with van der Waals surface area (Å²) in [4.78, 5) is 10.5. The number of aliphatic carboxylic acids is 1. The average molecular weight is 139 g/mol. The summed E-state index contributed by atoms with van der Waals surface area (Å²) >= 11 is 0. The molecule has 0 aliphatic heterocycles. The first-order chi connectivity index (χ1) is 4.77. The van der Waals surface area contributed by atoms with Crippen molar-refractivity contribution < 1.29 is 9.90 Å². The van der Waals surface area contributed by atoms with Crippen molar-refractivity contribution in [2.45, 2.75) is 25.7 Å². The van der Waals surface area contributed by atoms with Gasteiger partial charge >= 0.3 is 0 Å². The Kier molecular flexibility index (Phi) is 1.22. The minimum Gasteiger partial charge on any atom is -0.550 e. The molecule has 0 aromatic heterocycles. The Morgan fingerprint density at radius 1 is 1.30 bits per heavy atom. The molecule has 2 rings (SSSR count). The zero-order valence-electron chi connectivity index (χ0n) is 5.88. The molecule has 0 saturated heterocycles. The third kappa shape index (κ3) is 0.746. The van der Waals surface area contributed by atoms with Crippen LogP contribution in [-0.4, -0.2) is 5.97 Å². The van der Waals surface area contributed by atoms with Gasteiger partial charge in [0.2, 0.25) is 0 Å². The standard InChI is InChI=1S/C8H12O2/c9-8(10)7-4-5-1-2-6(7)3-5/h5-7H,1-4H2,(H,9,10)/p-1/t5-,6-,7+/m1/s1. The first kappa shape index (κ1) is 6.20. The van der Waals surface area contributed by atoms with Crippen LogP contribution in [0.2, 0.25) is 0 Å². The van der Waals surface area contributed by atoms with Gasteiger partial charge in [-0.3, -0.25) is 0 Å². The minimum absolute atomic E-state index is 0.0984. The molecule has 2 nitrogen and oxygen atoms in total. The SMILES string of the molecule is O=C([O-])[C@H]1C[C@@H]2CC[C@@H]1C2. The Labute approximate surface area is 60.2 Å². The lowest BCUT2D eigenvalue weighted by molar-refractivity contribution is -0.313. The Bertz CT molecular complexity index is 165. The number of hydrogen-bond donors (Lipinski definition) is 0. The van der Waals surface area contributed by atoms with Crippen LogP contribution in [-0.2, 0) is 4.79 Å². The third-order valence-electron chi connectivity index (χ3n) is 3.04. The highest BCUT2D eigenvalue weighted by Gasteiger charge is 2.39. The Morgan fingerprint density at radius 2 is 2.10 bits per heavy atom. The fourth-order valence-electron chi connectivity index (χ4n) is 2.53. The fraction of sp³-hybridized carbons (Fsp3) is 0.875. The first-order valence-electron chi connectivity index (χ1n) is 3.98. The summed E-state index contributed by atoms with van der Waals surface area (Å²) in [5, 5.41) is 10.5. The normalized spacial score (nSPS) is 44.2. The van der Waals surface area contributed by atoms with Gasteiger partial charge in [0.1, 0.15) is 0 Å². The minimum atomic E-state index is -0.813. The zero-order chi connectivity index (χ0) is 7.14. The maximum atomic E-state index is 10.5. The first-order valence-corrected chi connectivity index (χ1v) is 3.98. The summed E-state index contributed by atoms with van der Waals surface area (Å²) in [5.41, 5.74) is 0. The van der Waals surface area contributed by atoms with E-state index in [1.807, 2.05) is 0 Å². The molecule has 0 amide bonds. The van der Waals surface area contributed by atoms with E-state index in [2.05, 4.69) is 0 Å². The van der Waals surface area contributed by atoms with Gasteiger partial charge in [0, 0.05) is 11.9 Å². The molecule has 2 saturated carbocycles. The van der Waals surface area contributed by atoms with Crippen molar-refractivity contribution in [3.63, 3.8) is 0 Å². The van der Waals surface area contributed by atoms with Gasteiger partial charge in [0.25, 0.3) is 0 Å². The van der Waals surface area contributed by atoms with Crippen LogP contribution < -0.4 is 5.11 Å². The van der Waals surface area contributed by atoms with Crippen LogP contribution in [0.1, 0.15) is 25.7 Å². The number of carbonyl (C=O) groups excluding carboxylic acids is 1. The van der Waals surface area contributed by atoms with E-state index in [9.17, 15) is 9.90 Å². The number of fused-ring (bicyclic) bond motifs is 2. The molecule has 0 heterocycles. The van der Waals surface area contributed by atoms with Crippen LogP contribution in [0, 0.1) is 17.8 Å². The van der Waals surface area contributed by atoms with Gasteiger partial charge < -0.3 is 9.90 Å². The lowest BCUT2D eigenvalue weighted by atomic mass is 9.89. The largest absolute Gasteiger partial charge is 0.550 e. The Morgan fingerprint density at radius 3 is 2.40 bits per heavy atom. The Hall–Kier alpha value is -0.530. The quantitative estimate of drug-likeness (QED) is 0.519. The molecule has 0 N–H and O–H groups in total. The van der Waals surface area contributed by atoms with E-state index >= 15 is 0 Å². The Balaban J connectivity index is 2.08. The third-order valence-corrected chi connectivity index (χ3v) is 3.04. The average Bonchev–Trinajstić information content (AvgIpc) is 2.44. The molecule has 2 heteroatoms. The number of carboxylic acid groups (broad SMARTS) is 1. The summed E-state index contributed by atoms with van der Waals surface area (Å²) < 4.78 is 0. The van der Waals surface area contributed by atoms with Gasteiger partial charge in [-0.15, -0.1) is 0 Å². The molecule has 0 radical (unpaired) electrons. The van der Waals surface area contributed by atoms with Gasteiger partial charge in [-0.1, -0.05) is 6.42 Å². The maximum absolute atomic E-state index is 10.5. The van der Waals surface area contributed by atoms with E-state index in [4.69, 9.17) is 0 Å². The van der Waals surface area contributed by atoms with E-state index < -0.39 is 5.97 Å². The van der Waals surface area contributed by atoms with Crippen LogP contribution in [0.15, 0.2) is 0 Å². The van der Waals surface area contributed by atoms with Crippen LogP contribution in [0.4, 0.5) is 0 Å². The van der Waals surface area contributed by atoms with Crippen LogP contribution in [0.3, 0.4) is 0 Å². The lowest BCUT2D eigenvalue weighted by Crippen LogP contribution is -2.34. The number of carbonyl (C=O) groups is 1.